The fraction of sp³-hybridized carbons (Fsp3) is 0.273. The summed E-state index contributed by atoms with van der Waals surface area (Å²) in [7, 11) is 0. The number of aryl methyl sites for hydroxylation is 1. The van der Waals surface area contributed by atoms with Crippen LogP contribution >= 0.6 is 0 Å². The van der Waals surface area contributed by atoms with Gasteiger partial charge in [0.25, 0.3) is 0 Å². The molecule has 0 spiro atoms. The summed E-state index contributed by atoms with van der Waals surface area (Å²) in [6.45, 7) is 4.01. The molecular formula is C11H13N3O2S. The number of nitrogens with one attached hydrogen (secondary N) is 1. The summed E-state index contributed by atoms with van der Waals surface area (Å²) in [6, 6.07) is 3.62. The lowest BCUT2D eigenvalue weighted by Gasteiger charge is -2.09. The second-order valence-electron chi connectivity index (χ2n) is 3.38. The third-order valence-electron chi connectivity index (χ3n) is 2.27. The normalized spacial score (nSPS) is 12.6. The van der Waals surface area contributed by atoms with E-state index in [2.05, 4.69) is 15.2 Å². The number of pyridine rings is 1. The van der Waals surface area contributed by atoms with Crippen LogP contribution in [-0.4, -0.2) is 26.0 Å². The molecule has 1 atom stereocenters. The molecule has 90 valence electrons. The van der Waals surface area contributed by atoms with Crippen LogP contribution in [0.5, 0.6) is 0 Å². The van der Waals surface area contributed by atoms with Gasteiger partial charge >= 0.3 is 0 Å². The van der Waals surface area contributed by atoms with Crippen molar-refractivity contribution in [3.8, 4) is 11.3 Å². The highest BCUT2D eigenvalue weighted by Gasteiger charge is 2.16. The molecule has 0 aliphatic rings. The minimum Gasteiger partial charge on any atom is -0.287 e. The molecule has 2 heterocycles. The zero-order valence-electron chi connectivity index (χ0n) is 9.64. The van der Waals surface area contributed by atoms with E-state index in [1.807, 2.05) is 13.0 Å². The van der Waals surface area contributed by atoms with Gasteiger partial charge in [0.2, 0.25) is 0 Å². The molecule has 0 saturated carbocycles. The maximum atomic E-state index is 12.0. The molecule has 6 heteroatoms. The van der Waals surface area contributed by atoms with E-state index in [9.17, 15) is 4.21 Å². The van der Waals surface area contributed by atoms with E-state index in [1.165, 1.54) is 0 Å². The largest absolute Gasteiger partial charge is 0.287 e. The highest BCUT2D eigenvalue weighted by Crippen LogP contribution is 2.26. The molecule has 2 aromatic heterocycles. The lowest BCUT2D eigenvalue weighted by atomic mass is 10.2. The number of nitrogens with zero attached hydrogens (tertiary/aromatic N) is 2. The van der Waals surface area contributed by atoms with E-state index in [4.69, 9.17) is 4.18 Å². The summed E-state index contributed by atoms with van der Waals surface area (Å²) < 4.78 is 17.1. The van der Waals surface area contributed by atoms with E-state index in [0.717, 1.165) is 11.3 Å². The SMILES string of the molecule is CCOS(=O)c1c(-c2ccn[nH]2)ccnc1C. The van der Waals surface area contributed by atoms with Gasteiger partial charge < -0.3 is 0 Å². The second-order valence-corrected chi connectivity index (χ2v) is 4.50. The van der Waals surface area contributed by atoms with E-state index < -0.39 is 11.1 Å². The molecule has 1 N–H and O–H groups in total. The van der Waals surface area contributed by atoms with Gasteiger partial charge in [-0.1, -0.05) is 0 Å². The Kier molecular flexibility index (Phi) is 3.65. The molecule has 0 aromatic carbocycles. The van der Waals surface area contributed by atoms with Crippen molar-refractivity contribution in [1.82, 2.24) is 15.2 Å². The van der Waals surface area contributed by atoms with Crippen LogP contribution in [-0.2, 0) is 15.3 Å². The first-order valence-electron chi connectivity index (χ1n) is 5.24. The summed E-state index contributed by atoms with van der Waals surface area (Å²) >= 11 is -1.50. The van der Waals surface area contributed by atoms with Crippen LogP contribution in [0.15, 0.2) is 29.4 Å². The van der Waals surface area contributed by atoms with Crippen LogP contribution in [0, 0.1) is 6.92 Å². The first-order valence-corrected chi connectivity index (χ1v) is 6.32. The van der Waals surface area contributed by atoms with Crippen LogP contribution in [0.2, 0.25) is 0 Å². The Morgan fingerprint density at radius 1 is 1.41 bits per heavy atom. The minimum atomic E-state index is -1.50. The summed E-state index contributed by atoms with van der Waals surface area (Å²) in [5.74, 6) is 0. The Morgan fingerprint density at radius 2 is 2.24 bits per heavy atom. The van der Waals surface area contributed by atoms with Crippen molar-refractivity contribution in [2.24, 2.45) is 0 Å². The van der Waals surface area contributed by atoms with Gasteiger partial charge in [-0.05, 0) is 26.0 Å². The van der Waals surface area contributed by atoms with Crippen molar-refractivity contribution in [1.29, 1.82) is 0 Å². The van der Waals surface area contributed by atoms with Gasteiger partial charge in [-0.2, -0.15) is 5.10 Å². The monoisotopic (exact) mass is 251 g/mol. The number of rotatable bonds is 4. The Morgan fingerprint density at radius 3 is 2.88 bits per heavy atom. The van der Waals surface area contributed by atoms with Crippen LogP contribution in [0.1, 0.15) is 12.6 Å². The highest BCUT2D eigenvalue weighted by atomic mass is 32.2. The molecule has 0 amide bonds. The molecule has 1 unspecified atom stereocenters. The van der Waals surface area contributed by atoms with Gasteiger partial charge in [0, 0.05) is 18.0 Å². The molecule has 2 aromatic rings. The van der Waals surface area contributed by atoms with E-state index in [0.29, 0.717) is 17.2 Å². The number of hydrogen-bond acceptors (Lipinski definition) is 4. The lowest BCUT2D eigenvalue weighted by Crippen LogP contribution is -2.03. The first-order chi connectivity index (χ1) is 8.24. The predicted molar refractivity (Wildman–Crippen MR) is 64.6 cm³/mol. The average molecular weight is 251 g/mol. The van der Waals surface area contributed by atoms with Gasteiger partial charge in [0.15, 0.2) is 11.1 Å². The second kappa shape index (κ2) is 5.20. The molecule has 0 aliphatic heterocycles. The molecule has 0 radical (unpaired) electrons. The van der Waals surface area contributed by atoms with E-state index in [-0.39, 0.29) is 0 Å². The summed E-state index contributed by atoms with van der Waals surface area (Å²) in [5, 5.41) is 6.74. The maximum Gasteiger partial charge on any atom is 0.191 e. The molecule has 0 bridgehead atoms. The van der Waals surface area contributed by atoms with Crippen LogP contribution < -0.4 is 0 Å². The van der Waals surface area contributed by atoms with Crippen molar-refractivity contribution in [3.05, 3.63) is 30.2 Å². The standard InChI is InChI=1S/C11H13N3O2S/c1-3-16-17(15)11-8(2)12-6-4-9(11)10-5-7-13-14-10/h4-7H,3H2,1-2H3,(H,13,14). The zero-order valence-corrected chi connectivity index (χ0v) is 10.5. The quantitative estimate of drug-likeness (QED) is 0.900. The number of aromatic nitrogens is 3. The van der Waals surface area contributed by atoms with Crippen molar-refractivity contribution >= 4 is 11.1 Å². The molecule has 0 fully saturated rings. The van der Waals surface area contributed by atoms with Crippen molar-refractivity contribution in [2.45, 2.75) is 18.7 Å². The lowest BCUT2D eigenvalue weighted by molar-refractivity contribution is 0.371. The van der Waals surface area contributed by atoms with Crippen molar-refractivity contribution < 1.29 is 8.39 Å². The van der Waals surface area contributed by atoms with E-state index >= 15 is 0 Å². The van der Waals surface area contributed by atoms with E-state index in [1.54, 1.807) is 25.4 Å². The van der Waals surface area contributed by atoms with Crippen molar-refractivity contribution in [3.63, 3.8) is 0 Å². The third-order valence-corrected chi connectivity index (χ3v) is 3.56. The molecular weight excluding hydrogens is 238 g/mol. The van der Waals surface area contributed by atoms with Gasteiger partial charge in [-0.25, -0.2) is 4.21 Å². The molecule has 0 saturated heterocycles. The molecule has 0 aliphatic carbocycles. The Balaban J connectivity index is 2.53. The zero-order chi connectivity index (χ0) is 12.3. The van der Waals surface area contributed by atoms with Gasteiger partial charge in [0.05, 0.1) is 22.9 Å². The fourth-order valence-corrected chi connectivity index (χ4v) is 2.53. The van der Waals surface area contributed by atoms with Gasteiger partial charge in [0.1, 0.15) is 0 Å². The number of aromatic amines is 1. The first kappa shape index (κ1) is 11.9. The Labute approximate surface area is 102 Å². The topological polar surface area (TPSA) is 67.9 Å². The summed E-state index contributed by atoms with van der Waals surface area (Å²) in [6.07, 6.45) is 3.33. The average Bonchev–Trinajstić information content (AvgIpc) is 2.82. The smallest absolute Gasteiger partial charge is 0.191 e. The molecule has 5 nitrogen and oxygen atoms in total. The van der Waals surface area contributed by atoms with Crippen LogP contribution in [0.3, 0.4) is 0 Å². The Hall–Kier alpha value is -1.53. The van der Waals surface area contributed by atoms with Crippen LogP contribution in [0.25, 0.3) is 11.3 Å². The number of hydrogen-bond donors (Lipinski definition) is 1. The van der Waals surface area contributed by atoms with Gasteiger partial charge in [-0.15, -0.1) is 0 Å². The molecule has 17 heavy (non-hydrogen) atoms. The van der Waals surface area contributed by atoms with Crippen molar-refractivity contribution in [2.75, 3.05) is 6.61 Å². The fourth-order valence-electron chi connectivity index (χ4n) is 1.55. The maximum absolute atomic E-state index is 12.0. The summed E-state index contributed by atoms with van der Waals surface area (Å²) in [4.78, 5) is 4.74. The predicted octanol–water partition coefficient (Wildman–Crippen LogP) is 1.84. The van der Waals surface area contributed by atoms with Gasteiger partial charge in [-0.3, -0.25) is 14.3 Å². The summed E-state index contributed by atoms with van der Waals surface area (Å²) in [5.41, 5.74) is 2.31. The third kappa shape index (κ3) is 2.42. The molecule has 2 rings (SSSR count). The Bertz CT molecular complexity index is 526. The number of H-pyrrole nitrogens is 1. The minimum absolute atomic E-state index is 0.392. The highest BCUT2D eigenvalue weighted by molar-refractivity contribution is 7.80. The van der Waals surface area contributed by atoms with Crippen LogP contribution in [0.4, 0.5) is 0 Å².